The highest BCUT2D eigenvalue weighted by Gasteiger charge is 1.92. The zero-order chi connectivity index (χ0) is 8.81. The molecular formula is C10H14NO. The average Bonchev–Trinajstić information content (AvgIpc) is 2.05. The van der Waals surface area contributed by atoms with Crippen LogP contribution in [0.1, 0.15) is 12.8 Å². The molecule has 0 saturated carbocycles. The predicted octanol–water partition coefficient (Wildman–Crippen LogP) is 2.26. The number of rotatable bonds is 4. The van der Waals surface area contributed by atoms with E-state index in [4.69, 9.17) is 10.5 Å². The van der Waals surface area contributed by atoms with Crippen molar-refractivity contribution in [2.75, 3.05) is 12.3 Å². The molecule has 0 unspecified atom stereocenters. The van der Waals surface area contributed by atoms with E-state index >= 15 is 0 Å². The Balaban J connectivity index is 2.41. The molecule has 1 aromatic carbocycles. The molecule has 1 aromatic rings. The Morgan fingerprint density at radius 3 is 2.92 bits per heavy atom. The smallest absolute Gasteiger partial charge is 0.121 e. The molecule has 0 aliphatic heterocycles. The molecule has 0 spiro atoms. The van der Waals surface area contributed by atoms with Gasteiger partial charge in [-0.25, -0.2) is 0 Å². The van der Waals surface area contributed by atoms with Crippen molar-refractivity contribution in [2.45, 2.75) is 12.8 Å². The van der Waals surface area contributed by atoms with Gasteiger partial charge in [-0.15, -0.1) is 0 Å². The minimum atomic E-state index is 0.715. The van der Waals surface area contributed by atoms with Crippen molar-refractivity contribution in [1.82, 2.24) is 0 Å². The van der Waals surface area contributed by atoms with E-state index in [-0.39, 0.29) is 0 Å². The fourth-order valence-corrected chi connectivity index (χ4v) is 0.896. The van der Waals surface area contributed by atoms with Crippen LogP contribution in [0.15, 0.2) is 24.3 Å². The first kappa shape index (κ1) is 8.91. The fraction of sp³-hybridized carbons (Fsp3) is 0.300. The molecule has 0 aromatic heterocycles. The largest absolute Gasteiger partial charge is 0.494 e. The van der Waals surface area contributed by atoms with Crippen molar-refractivity contribution >= 4 is 5.69 Å². The zero-order valence-corrected chi connectivity index (χ0v) is 7.12. The van der Waals surface area contributed by atoms with Crippen molar-refractivity contribution < 1.29 is 4.74 Å². The Labute approximate surface area is 73.3 Å². The summed E-state index contributed by atoms with van der Waals surface area (Å²) in [5.74, 6) is 0.837. The SMILES string of the molecule is [CH2]CCCOc1cccc(N)c1. The molecule has 0 atom stereocenters. The van der Waals surface area contributed by atoms with Crippen LogP contribution in [0.25, 0.3) is 0 Å². The lowest BCUT2D eigenvalue weighted by Crippen LogP contribution is -1.96. The van der Waals surface area contributed by atoms with Gasteiger partial charge in [-0.05, 0) is 18.6 Å². The Kier molecular flexibility index (Phi) is 3.45. The van der Waals surface area contributed by atoms with Crippen LogP contribution in [0.3, 0.4) is 0 Å². The number of ether oxygens (including phenoxy) is 1. The number of hydrogen-bond donors (Lipinski definition) is 1. The number of hydrogen-bond acceptors (Lipinski definition) is 2. The first-order valence-electron chi connectivity index (χ1n) is 4.10. The van der Waals surface area contributed by atoms with Crippen LogP contribution in [0.2, 0.25) is 0 Å². The average molecular weight is 164 g/mol. The molecular weight excluding hydrogens is 150 g/mol. The summed E-state index contributed by atoms with van der Waals surface area (Å²) in [4.78, 5) is 0. The van der Waals surface area contributed by atoms with E-state index < -0.39 is 0 Å². The molecule has 12 heavy (non-hydrogen) atoms. The summed E-state index contributed by atoms with van der Waals surface area (Å²) in [6, 6.07) is 7.45. The van der Waals surface area contributed by atoms with Gasteiger partial charge < -0.3 is 10.5 Å². The first-order valence-corrected chi connectivity index (χ1v) is 4.10. The van der Waals surface area contributed by atoms with E-state index in [1.54, 1.807) is 0 Å². The summed E-state index contributed by atoms with van der Waals surface area (Å²) in [5, 5.41) is 0. The second kappa shape index (κ2) is 4.65. The first-order chi connectivity index (χ1) is 5.83. The lowest BCUT2D eigenvalue weighted by atomic mass is 10.3. The van der Waals surface area contributed by atoms with Gasteiger partial charge in [-0.1, -0.05) is 19.4 Å². The lowest BCUT2D eigenvalue weighted by molar-refractivity contribution is 0.312. The zero-order valence-electron chi connectivity index (χ0n) is 7.12. The molecule has 1 radical (unpaired) electrons. The summed E-state index contributed by atoms with van der Waals surface area (Å²) < 4.78 is 5.41. The number of benzene rings is 1. The summed E-state index contributed by atoms with van der Waals surface area (Å²) >= 11 is 0. The Hall–Kier alpha value is -1.18. The summed E-state index contributed by atoms with van der Waals surface area (Å²) in [5.41, 5.74) is 6.31. The van der Waals surface area contributed by atoms with Gasteiger partial charge in [-0.2, -0.15) is 0 Å². The highest BCUT2D eigenvalue weighted by molar-refractivity contribution is 5.43. The van der Waals surface area contributed by atoms with Gasteiger partial charge in [0.05, 0.1) is 6.61 Å². The van der Waals surface area contributed by atoms with Crippen LogP contribution in [0, 0.1) is 6.92 Å². The van der Waals surface area contributed by atoms with Gasteiger partial charge in [0.25, 0.3) is 0 Å². The highest BCUT2D eigenvalue weighted by Crippen LogP contribution is 2.14. The van der Waals surface area contributed by atoms with Crippen molar-refractivity contribution in [3.63, 3.8) is 0 Å². The van der Waals surface area contributed by atoms with E-state index in [1.165, 1.54) is 0 Å². The van der Waals surface area contributed by atoms with Gasteiger partial charge in [0, 0.05) is 11.8 Å². The minimum Gasteiger partial charge on any atom is -0.494 e. The van der Waals surface area contributed by atoms with Crippen molar-refractivity contribution in [3.05, 3.63) is 31.2 Å². The number of nitrogen functional groups attached to an aromatic ring is 1. The number of nitrogens with two attached hydrogens (primary N) is 1. The Morgan fingerprint density at radius 1 is 1.42 bits per heavy atom. The van der Waals surface area contributed by atoms with E-state index in [0.29, 0.717) is 6.61 Å². The highest BCUT2D eigenvalue weighted by atomic mass is 16.5. The van der Waals surface area contributed by atoms with Crippen LogP contribution in [0.5, 0.6) is 5.75 Å². The molecule has 0 saturated heterocycles. The molecule has 2 nitrogen and oxygen atoms in total. The van der Waals surface area contributed by atoms with Gasteiger partial charge in [0.15, 0.2) is 0 Å². The summed E-state index contributed by atoms with van der Waals surface area (Å²) in [6.07, 6.45) is 1.89. The third-order valence-electron chi connectivity index (χ3n) is 1.52. The summed E-state index contributed by atoms with van der Waals surface area (Å²) in [7, 11) is 0. The van der Waals surface area contributed by atoms with Gasteiger partial charge in [0.2, 0.25) is 0 Å². The quantitative estimate of drug-likeness (QED) is 0.547. The molecule has 2 heteroatoms. The van der Waals surface area contributed by atoms with E-state index in [1.807, 2.05) is 24.3 Å². The molecule has 65 valence electrons. The second-order valence-electron chi connectivity index (χ2n) is 2.63. The van der Waals surface area contributed by atoms with Gasteiger partial charge >= 0.3 is 0 Å². The van der Waals surface area contributed by atoms with Crippen molar-refractivity contribution in [2.24, 2.45) is 0 Å². The lowest BCUT2D eigenvalue weighted by Gasteiger charge is -2.04. The third kappa shape index (κ3) is 2.82. The van der Waals surface area contributed by atoms with Gasteiger partial charge in [-0.3, -0.25) is 0 Å². The molecule has 1 rings (SSSR count). The van der Waals surface area contributed by atoms with Crippen LogP contribution in [-0.2, 0) is 0 Å². The molecule has 0 heterocycles. The van der Waals surface area contributed by atoms with Crippen molar-refractivity contribution in [3.8, 4) is 5.75 Å². The summed E-state index contributed by atoms with van der Waals surface area (Å²) in [6.45, 7) is 4.44. The number of unbranched alkanes of at least 4 members (excludes halogenated alkanes) is 1. The van der Waals surface area contributed by atoms with Gasteiger partial charge in [0.1, 0.15) is 5.75 Å². The van der Waals surface area contributed by atoms with E-state index in [0.717, 1.165) is 24.3 Å². The predicted molar refractivity (Wildman–Crippen MR) is 50.9 cm³/mol. The van der Waals surface area contributed by atoms with Crippen LogP contribution in [0.4, 0.5) is 5.69 Å². The van der Waals surface area contributed by atoms with E-state index in [9.17, 15) is 0 Å². The monoisotopic (exact) mass is 164 g/mol. The Bertz CT molecular complexity index is 235. The maximum absolute atomic E-state index is 5.57. The normalized spacial score (nSPS) is 9.75. The molecule has 2 N–H and O–H groups in total. The third-order valence-corrected chi connectivity index (χ3v) is 1.52. The minimum absolute atomic E-state index is 0.715. The van der Waals surface area contributed by atoms with Crippen LogP contribution >= 0.6 is 0 Å². The van der Waals surface area contributed by atoms with Crippen LogP contribution in [-0.4, -0.2) is 6.61 Å². The molecule has 0 amide bonds. The van der Waals surface area contributed by atoms with Crippen LogP contribution < -0.4 is 10.5 Å². The van der Waals surface area contributed by atoms with E-state index in [2.05, 4.69) is 6.92 Å². The maximum Gasteiger partial charge on any atom is 0.121 e. The second-order valence-corrected chi connectivity index (χ2v) is 2.63. The maximum atomic E-state index is 5.57. The topological polar surface area (TPSA) is 35.2 Å². The standard InChI is InChI=1S/C10H14NO/c1-2-3-7-12-10-6-4-5-9(11)8-10/h4-6,8H,1-3,7,11H2. The molecule has 0 aliphatic rings. The molecule has 0 aliphatic carbocycles. The molecule has 0 fully saturated rings. The molecule has 0 bridgehead atoms. The van der Waals surface area contributed by atoms with Crippen molar-refractivity contribution in [1.29, 1.82) is 0 Å². The fourth-order valence-electron chi connectivity index (χ4n) is 0.896. The number of anilines is 1. The Morgan fingerprint density at radius 2 is 2.25 bits per heavy atom.